The van der Waals surface area contributed by atoms with E-state index in [2.05, 4.69) is 27.5 Å². The first-order valence-electron chi connectivity index (χ1n) is 16.9. The maximum atomic E-state index is 12.4. The smallest absolute Gasteiger partial charge is 0.353 e. The van der Waals surface area contributed by atoms with Crippen LogP contribution in [0.3, 0.4) is 0 Å². The zero-order chi connectivity index (χ0) is 31.4. The van der Waals surface area contributed by atoms with Crippen molar-refractivity contribution in [3.8, 4) is 0 Å². The minimum atomic E-state index is -3.79. The summed E-state index contributed by atoms with van der Waals surface area (Å²) in [5.41, 5.74) is 6.97. The van der Waals surface area contributed by atoms with Gasteiger partial charge in [-0.25, -0.2) is 25.0 Å². The second-order valence-corrected chi connectivity index (χ2v) is 20.9. The van der Waals surface area contributed by atoms with Crippen LogP contribution in [0.15, 0.2) is 12.7 Å². The Morgan fingerprint density at radius 1 is 1.02 bits per heavy atom. The van der Waals surface area contributed by atoms with Crippen molar-refractivity contribution in [2.45, 2.75) is 115 Å². The average molecular weight is 672 g/mol. The van der Waals surface area contributed by atoms with Crippen LogP contribution in [0.5, 0.6) is 0 Å². The molecular formula is C32H58N5O4PS2. The standard InChI is InChI=1S/C32H58N5O4PS2/c1-26(22-37-24-36-30-31(33)34-23-35-32(30)37)40-25-42(38,39)41-16-13-18-43-17-11-9-7-5-4-6-8-10-12-19-44(2,3)29-21-27-14-15-28(29)20-27/h23-24,26-29H,4-22,25H2,1-3H3,(H,38,39)(H2,33,34,35)/t26-,27?,28?,29?/m1/s1. The highest BCUT2D eigenvalue weighted by Gasteiger charge is 2.44. The Kier molecular flexibility index (Phi) is 14.7. The summed E-state index contributed by atoms with van der Waals surface area (Å²) in [6, 6.07) is 0. The van der Waals surface area contributed by atoms with Crippen LogP contribution < -0.4 is 5.73 Å². The normalized spacial score (nSPS) is 22.5. The van der Waals surface area contributed by atoms with Gasteiger partial charge in [-0.2, -0.15) is 11.8 Å². The molecule has 0 saturated heterocycles. The fourth-order valence-electron chi connectivity index (χ4n) is 7.13. The van der Waals surface area contributed by atoms with Crippen LogP contribution in [-0.2, 0) is 20.4 Å². The van der Waals surface area contributed by atoms with Crippen molar-refractivity contribution in [2.75, 3.05) is 48.5 Å². The number of aromatic nitrogens is 4. The third-order valence-electron chi connectivity index (χ3n) is 9.58. The predicted octanol–water partition coefficient (Wildman–Crippen LogP) is 7.86. The number of unbranched alkanes of at least 4 members (excludes halogenated alkanes) is 8. The SMILES string of the molecule is C[C@H](Cn1cnc2c(N)ncnc21)OCP(=O)(O)OCCCSCCCCCCCCCCCS(C)(C)C1CC2CCC1C2. The largest absolute Gasteiger partial charge is 0.382 e. The first kappa shape index (κ1) is 36.0. The lowest BCUT2D eigenvalue weighted by Crippen LogP contribution is -2.25. The Labute approximate surface area is 271 Å². The molecule has 12 heteroatoms. The van der Waals surface area contributed by atoms with Crippen molar-refractivity contribution in [1.29, 1.82) is 0 Å². The van der Waals surface area contributed by atoms with Crippen LogP contribution in [0.1, 0.15) is 96.8 Å². The summed E-state index contributed by atoms with van der Waals surface area (Å²) in [7, 11) is -4.17. The molecule has 2 fully saturated rings. The molecule has 2 bridgehead atoms. The van der Waals surface area contributed by atoms with Gasteiger partial charge in [-0.15, -0.1) is 0 Å². The Morgan fingerprint density at radius 2 is 1.73 bits per heavy atom. The van der Waals surface area contributed by atoms with Crippen LogP contribution in [-0.4, -0.2) is 78.5 Å². The molecule has 2 heterocycles. The Balaban J connectivity index is 0.907. The molecule has 0 aromatic carbocycles. The third kappa shape index (κ3) is 11.4. The van der Waals surface area contributed by atoms with Crippen molar-refractivity contribution in [2.24, 2.45) is 11.8 Å². The second-order valence-electron chi connectivity index (χ2n) is 13.6. The Morgan fingerprint density at radius 3 is 2.43 bits per heavy atom. The highest BCUT2D eigenvalue weighted by molar-refractivity contribution is 8.33. The van der Waals surface area contributed by atoms with Crippen LogP contribution in [0.4, 0.5) is 5.82 Å². The molecule has 2 saturated carbocycles. The molecule has 0 aliphatic heterocycles. The van der Waals surface area contributed by atoms with E-state index in [1.54, 1.807) is 23.7 Å². The number of imidazole rings is 1. The molecule has 9 nitrogen and oxygen atoms in total. The minimum Gasteiger partial charge on any atom is -0.382 e. The van der Waals surface area contributed by atoms with Gasteiger partial charge < -0.3 is 24.5 Å². The molecule has 252 valence electrons. The van der Waals surface area contributed by atoms with Gasteiger partial charge in [0, 0.05) is 0 Å². The lowest BCUT2D eigenvalue weighted by Gasteiger charge is -2.42. The number of hydrogen-bond acceptors (Lipinski definition) is 8. The van der Waals surface area contributed by atoms with Gasteiger partial charge in [0.05, 0.1) is 25.6 Å². The van der Waals surface area contributed by atoms with Gasteiger partial charge in [0.15, 0.2) is 11.5 Å². The van der Waals surface area contributed by atoms with Gasteiger partial charge in [0.1, 0.15) is 18.2 Å². The number of ether oxygens (including phenoxy) is 1. The van der Waals surface area contributed by atoms with E-state index in [9.17, 15) is 9.46 Å². The summed E-state index contributed by atoms with van der Waals surface area (Å²) >= 11 is 1.91. The summed E-state index contributed by atoms with van der Waals surface area (Å²) in [5.74, 6) is 6.10. The molecule has 2 aliphatic rings. The lowest BCUT2D eigenvalue weighted by molar-refractivity contribution is 0.0718. The Hall–Kier alpha value is -0.840. The lowest BCUT2D eigenvalue weighted by atomic mass is 10.0. The molecule has 0 spiro atoms. The quantitative estimate of drug-likeness (QED) is 0.0897. The number of nitrogens with two attached hydrogens (primary N) is 1. The van der Waals surface area contributed by atoms with E-state index in [0.29, 0.717) is 23.5 Å². The molecule has 4 rings (SSSR count). The van der Waals surface area contributed by atoms with Crippen molar-refractivity contribution in [3.05, 3.63) is 12.7 Å². The Bertz CT molecular complexity index is 1180. The van der Waals surface area contributed by atoms with Crippen LogP contribution in [0.25, 0.3) is 11.2 Å². The first-order chi connectivity index (χ1) is 21.1. The monoisotopic (exact) mass is 671 g/mol. The van der Waals surface area contributed by atoms with Crippen molar-refractivity contribution >= 4 is 46.4 Å². The number of thioether (sulfide) groups is 1. The molecular weight excluding hydrogens is 613 g/mol. The summed E-state index contributed by atoms with van der Waals surface area (Å²) in [5, 5.41) is 1.09. The van der Waals surface area contributed by atoms with Gasteiger partial charge in [0.25, 0.3) is 0 Å². The van der Waals surface area contributed by atoms with Gasteiger partial charge in [-0.05, 0) is 92.3 Å². The number of nitrogen functional groups attached to an aromatic ring is 1. The molecule has 2 aliphatic carbocycles. The van der Waals surface area contributed by atoms with E-state index in [1.165, 1.54) is 82.7 Å². The molecule has 0 radical (unpaired) electrons. The highest BCUT2D eigenvalue weighted by Crippen LogP contribution is 2.60. The molecule has 3 N–H and O–H groups in total. The van der Waals surface area contributed by atoms with Crippen molar-refractivity contribution in [3.63, 3.8) is 0 Å². The number of anilines is 1. The number of rotatable bonds is 23. The van der Waals surface area contributed by atoms with Crippen LogP contribution >= 0.6 is 29.4 Å². The molecule has 2 aromatic rings. The second kappa shape index (κ2) is 17.9. The average Bonchev–Trinajstić information content (AvgIpc) is 3.73. The van der Waals surface area contributed by atoms with Gasteiger partial charge in [-0.1, -0.05) is 51.4 Å². The molecule has 5 atom stereocenters. The van der Waals surface area contributed by atoms with E-state index in [4.69, 9.17) is 15.0 Å². The van der Waals surface area contributed by atoms with Gasteiger partial charge in [0.2, 0.25) is 0 Å². The van der Waals surface area contributed by atoms with E-state index >= 15 is 0 Å². The summed E-state index contributed by atoms with van der Waals surface area (Å²) < 4.78 is 25.0. The van der Waals surface area contributed by atoms with Gasteiger partial charge >= 0.3 is 7.60 Å². The zero-order valence-corrected chi connectivity index (χ0v) is 29.9. The number of nitrogens with zero attached hydrogens (tertiary/aromatic N) is 4. The molecule has 44 heavy (non-hydrogen) atoms. The zero-order valence-electron chi connectivity index (χ0n) is 27.4. The van der Waals surface area contributed by atoms with Crippen molar-refractivity contribution < 1.29 is 18.7 Å². The first-order valence-corrected chi connectivity index (χ1v) is 22.5. The third-order valence-corrected chi connectivity index (χ3v) is 15.4. The fourth-order valence-corrected chi connectivity index (χ4v) is 12.3. The van der Waals surface area contributed by atoms with E-state index in [0.717, 1.165) is 35.0 Å². The minimum absolute atomic E-state index is 0.265. The van der Waals surface area contributed by atoms with E-state index < -0.39 is 7.60 Å². The number of fused-ring (bicyclic) bond motifs is 3. The summed E-state index contributed by atoms with van der Waals surface area (Å²) in [6.45, 7) is 2.51. The van der Waals surface area contributed by atoms with E-state index in [1.807, 2.05) is 18.7 Å². The summed E-state index contributed by atoms with van der Waals surface area (Å²) in [6.07, 6.45) is 26.9. The molecule has 2 aromatic heterocycles. The highest BCUT2D eigenvalue weighted by atomic mass is 32.3. The summed E-state index contributed by atoms with van der Waals surface area (Å²) in [4.78, 5) is 22.5. The van der Waals surface area contributed by atoms with Crippen molar-refractivity contribution in [1.82, 2.24) is 19.5 Å². The van der Waals surface area contributed by atoms with Crippen LogP contribution in [0.2, 0.25) is 0 Å². The maximum Gasteiger partial charge on any atom is 0.353 e. The number of hydrogen-bond donors (Lipinski definition) is 2. The topological polar surface area (TPSA) is 125 Å². The van der Waals surface area contributed by atoms with Crippen LogP contribution in [0, 0.1) is 11.8 Å². The fraction of sp³-hybridized carbons (Fsp3) is 0.844. The predicted molar refractivity (Wildman–Crippen MR) is 188 cm³/mol. The van der Waals surface area contributed by atoms with Gasteiger partial charge in [-0.3, -0.25) is 4.57 Å². The maximum absolute atomic E-state index is 12.4. The van der Waals surface area contributed by atoms with E-state index in [-0.39, 0.29) is 29.1 Å². The molecule has 0 amide bonds. The molecule has 4 unspecified atom stereocenters.